The van der Waals surface area contributed by atoms with Crippen molar-refractivity contribution in [2.75, 3.05) is 0 Å². The maximum Gasteiger partial charge on any atom is 0.310 e. The number of phenols is 1. The van der Waals surface area contributed by atoms with E-state index in [0.717, 1.165) is 0 Å². The average Bonchev–Trinajstić information content (AvgIpc) is 2.20. The lowest BCUT2D eigenvalue weighted by Crippen LogP contribution is -2.12. The third-order valence-corrected chi connectivity index (χ3v) is 2.20. The van der Waals surface area contributed by atoms with Crippen LogP contribution in [0.2, 0.25) is 0 Å². The number of carboxylic acid groups (broad SMARTS) is 1. The lowest BCUT2D eigenvalue weighted by molar-refractivity contribution is -0.385. The molecule has 0 saturated carbocycles. The summed E-state index contributed by atoms with van der Waals surface area (Å²) in [6, 6.07) is 3.86. The van der Waals surface area contributed by atoms with Crippen molar-refractivity contribution in [1.82, 2.24) is 0 Å². The first-order chi connectivity index (χ1) is 7.41. The Hall–Kier alpha value is -2.11. The minimum absolute atomic E-state index is 0.191. The first-order valence-electron chi connectivity index (χ1n) is 4.61. The fourth-order valence-electron chi connectivity index (χ4n) is 1.28. The summed E-state index contributed by atoms with van der Waals surface area (Å²) >= 11 is 0. The maximum atomic E-state index is 10.6. The van der Waals surface area contributed by atoms with Gasteiger partial charge in [-0.2, -0.15) is 0 Å². The van der Waals surface area contributed by atoms with E-state index < -0.39 is 28.2 Å². The molecule has 0 saturated heterocycles. The van der Waals surface area contributed by atoms with E-state index >= 15 is 0 Å². The number of rotatable bonds is 4. The van der Waals surface area contributed by atoms with Crippen LogP contribution in [0.25, 0.3) is 0 Å². The molecule has 1 aromatic carbocycles. The molecule has 86 valence electrons. The van der Waals surface area contributed by atoms with Gasteiger partial charge in [-0.15, -0.1) is 0 Å². The van der Waals surface area contributed by atoms with Crippen LogP contribution in [0.3, 0.4) is 0 Å². The van der Waals surface area contributed by atoms with E-state index in [9.17, 15) is 20.0 Å². The quantitative estimate of drug-likeness (QED) is 0.598. The van der Waals surface area contributed by atoms with Crippen LogP contribution in [0.1, 0.15) is 12.5 Å². The number of aromatic hydroxyl groups is 1. The van der Waals surface area contributed by atoms with Gasteiger partial charge < -0.3 is 10.2 Å². The van der Waals surface area contributed by atoms with Gasteiger partial charge in [-0.25, -0.2) is 0 Å². The topological polar surface area (TPSA) is 101 Å². The standard InChI is InChI=1S/C10H11NO5/c1-6(10(13)14)4-7-2-3-9(12)8(5-7)11(15)16/h2-3,5-6,12H,4H2,1H3,(H,13,14). The van der Waals surface area contributed by atoms with Gasteiger partial charge in [-0.05, 0) is 18.1 Å². The Bertz CT molecular complexity index is 429. The van der Waals surface area contributed by atoms with Crippen molar-refractivity contribution >= 4 is 11.7 Å². The molecule has 0 aliphatic carbocycles. The van der Waals surface area contributed by atoms with Crippen LogP contribution in [0.4, 0.5) is 5.69 Å². The van der Waals surface area contributed by atoms with Gasteiger partial charge >= 0.3 is 11.7 Å². The zero-order valence-corrected chi connectivity index (χ0v) is 8.58. The minimum Gasteiger partial charge on any atom is -0.502 e. The molecule has 0 radical (unpaired) electrons. The fraction of sp³-hybridized carbons (Fsp3) is 0.300. The summed E-state index contributed by atoms with van der Waals surface area (Å²) in [7, 11) is 0. The van der Waals surface area contributed by atoms with Crippen LogP contribution in [-0.2, 0) is 11.2 Å². The van der Waals surface area contributed by atoms with Crippen molar-refractivity contribution in [3.63, 3.8) is 0 Å². The Morgan fingerprint density at radius 2 is 2.19 bits per heavy atom. The first-order valence-corrected chi connectivity index (χ1v) is 4.61. The predicted molar refractivity (Wildman–Crippen MR) is 55.3 cm³/mol. The largest absolute Gasteiger partial charge is 0.502 e. The van der Waals surface area contributed by atoms with Gasteiger partial charge in [0, 0.05) is 6.07 Å². The molecule has 0 spiro atoms. The highest BCUT2D eigenvalue weighted by Gasteiger charge is 2.17. The number of phenolic OH excluding ortho intramolecular Hbond substituents is 1. The van der Waals surface area contributed by atoms with Gasteiger partial charge in [0.1, 0.15) is 0 Å². The van der Waals surface area contributed by atoms with Crippen molar-refractivity contribution in [2.45, 2.75) is 13.3 Å². The number of benzene rings is 1. The summed E-state index contributed by atoms with van der Waals surface area (Å²) in [6.45, 7) is 1.51. The Balaban J connectivity index is 2.95. The molecule has 1 aromatic rings. The molecule has 0 bridgehead atoms. The molecule has 0 aliphatic heterocycles. The van der Waals surface area contributed by atoms with E-state index in [-0.39, 0.29) is 6.42 Å². The Morgan fingerprint density at radius 1 is 1.56 bits per heavy atom. The second-order valence-electron chi connectivity index (χ2n) is 3.52. The van der Waals surface area contributed by atoms with Crippen molar-refractivity contribution < 1.29 is 19.9 Å². The van der Waals surface area contributed by atoms with Gasteiger partial charge in [-0.3, -0.25) is 14.9 Å². The highest BCUT2D eigenvalue weighted by atomic mass is 16.6. The molecule has 16 heavy (non-hydrogen) atoms. The lowest BCUT2D eigenvalue weighted by atomic mass is 10.0. The molecule has 6 nitrogen and oxygen atoms in total. The normalized spacial score (nSPS) is 12.1. The highest BCUT2D eigenvalue weighted by molar-refractivity contribution is 5.70. The third kappa shape index (κ3) is 2.69. The van der Waals surface area contributed by atoms with E-state index in [1.165, 1.54) is 25.1 Å². The van der Waals surface area contributed by atoms with Gasteiger partial charge in [0.2, 0.25) is 0 Å². The smallest absolute Gasteiger partial charge is 0.310 e. The van der Waals surface area contributed by atoms with Crippen molar-refractivity contribution in [3.05, 3.63) is 33.9 Å². The number of carboxylic acids is 1. The molecule has 0 aliphatic rings. The van der Waals surface area contributed by atoms with Crippen LogP contribution in [0.15, 0.2) is 18.2 Å². The average molecular weight is 225 g/mol. The van der Waals surface area contributed by atoms with Gasteiger partial charge in [-0.1, -0.05) is 13.0 Å². The molecule has 1 atom stereocenters. The summed E-state index contributed by atoms with van der Waals surface area (Å²) in [6.07, 6.45) is 0.191. The monoisotopic (exact) mass is 225 g/mol. The predicted octanol–water partition coefficient (Wildman–Crippen LogP) is 1.56. The summed E-state index contributed by atoms with van der Waals surface area (Å²) in [4.78, 5) is 20.4. The number of aliphatic carboxylic acids is 1. The van der Waals surface area contributed by atoms with Crippen LogP contribution >= 0.6 is 0 Å². The fourth-order valence-corrected chi connectivity index (χ4v) is 1.28. The Morgan fingerprint density at radius 3 is 2.69 bits per heavy atom. The molecule has 2 N–H and O–H groups in total. The summed E-state index contributed by atoms with van der Waals surface area (Å²) < 4.78 is 0. The molecule has 0 heterocycles. The highest BCUT2D eigenvalue weighted by Crippen LogP contribution is 2.27. The molecule has 6 heteroatoms. The van der Waals surface area contributed by atoms with Crippen LogP contribution in [0.5, 0.6) is 5.75 Å². The van der Waals surface area contributed by atoms with E-state index in [1.54, 1.807) is 0 Å². The van der Waals surface area contributed by atoms with Crippen LogP contribution in [0, 0.1) is 16.0 Å². The van der Waals surface area contributed by atoms with E-state index in [1.807, 2.05) is 0 Å². The molecular formula is C10H11NO5. The molecule has 0 amide bonds. The SMILES string of the molecule is CC(Cc1ccc(O)c([N+](=O)[O-])c1)C(=O)O. The summed E-state index contributed by atoms with van der Waals surface area (Å²) in [5.74, 6) is -2.00. The molecule has 0 aromatic heterocycles. The number of nitro benzene ring substituents is 1. The van der Waals surface area contributed by atoms with Crippen LogP contribution < -0.4 is 0 Å². The van der Waals surface area contributed by atoms with Crippen molar-refractivity contribution in [3.8, 4) is 5.75 Å². The Labute approximate surface area is 91.3 Å². The zero-order chi connectivity index (χ0) is 12.3. The van der Waals surface area contributed by atoms with Gasteiger partial charge in [0.15, 0.2) is 5.75 Å². The molecule has 1 unspecified atom stereocenters. The number of nitro groups is 1. The second-order valence-corrected chi connectivity index (χ2v) is 3.52. The number of hydrogen-bond donors (Lipinski definition) is 2. The number of carbonyl (C=O) groups is 1. The Kier molecular flexibility index (Phi) is 3.44. The molecule has 1 rings (SSSR count). The van der Waals surface area contributed by atoms with Crippen molar-refractivity contribution in [2.24, 2.45) is 5.92 Å². The molecular weight excluding hydrogens is 214 g/mol. The van der Waals surface area contributed by atoms with Gasteiger partial charge in [0.25, 0.3) is 0 Å². The zero-order valence-electron chi connectivity index (χ0n) is 8.58. The van der Waals surface area contributed by atoms with Crippen molar-refractivity contribution in [1.29, 1.82) is 0 Å². The molecule has 0 fully saturated rings. The summed E-state index contributed by atoms with van der Waals surface area (Å²) in [5.41, 5.74) is 0.106. The first kappa shape index (κ1) is 12.0. The van der Waals surface area contributed by atoms with E-state index in [0.29, 0.717) is 5.56 Å². The summed E-state index contributed by atoms with van der Waals surface area (Å²) in [5, 5.41) is 28.4. The minimum atomic E-state index is -0.962. The van der Waals surface area contributed by atoms with Crippen LogP contribution in [-0.4, -0.2) is 21.1 Å². The van der Waals surface area contributed by atoms with E-state index in [4.69, 9.17) is 5.11 Å². The second kappa shape index (κ2) is 4.61. The number of hydrogen-bond acceptors (Lipinski definition) is 4. The third-order valence-electron chi connectivity index (χ3n) is 2.20. The van der Waals surface area contributed by atoms with Gasteiger partial charge in [0.05, 0.1) is 10.8 Å². The number of nitrogens with zero attached hydrogens (tertiary/aromatic N) is 1. The van der Waals surface area contributed by atoms with E-state index in [2.05, 4.69) is 0 Å². The lowest BCUT2D eigenvalue weighted by Gasteiger charge is -2.06. The maximum absolute atomic E-state index is 10.6.